The maximum Gasteiger partial charge on any atom is 0.312 e. The van der Waals surface area contributed by atoms with Crippen molar-refractivity contribution in [3.8, 4) is 0 Å². The molecule has 4 aliphatic carbocycles. The molecule has 86 valence electrons. The summed E-state index contributed by atoms with van der Waals surface area (Å²) in [5, 5.41) is 0. The summed E-state index contributed by atoms with van der Waals surface area (Å²) in [7, 11) is 1.56. The highest BCUT2D eigenvalue weighted by Gasteiger charge is 2.68. The third-order valence-corrected chi connectivity index (χ3v) is 5.88. The molecular formula is C14H18O2. The van der Waals surface area contributed by atoms with E-state index >= 15 is 0 Å². The molecule has 3 saturated carbocycles. The molecule has 4 aliphatic rings. The van der Waals surface area contributed by atoms with Crippen molar-refractivity contribution in [2.45, 2.75) is 25.7 Å². The molecule has 2 nitrogen and oxygen atoms in total. The number of hydrogen-bond donors (Lipinski definition) is 0. The van der Waals surface area contributed by atoms with Crippen molar-refractivity contribution in [3.63, 3.8) is 0 Å². The molecule has 6 unspecified atom stereocenters. The molecule has 0 aliphatic heterocycles. The molecule has 3 fully saturated rings. The Balaban J connectivity index is 1.79. The summed E-state index contributed by atoms with van der Waals surface area (Å²) in [5.41, 5.74) is -0.0890. The molecule has 0 aromatic rings. The topological polar surface area (TPSA) is 26.3 Å². The van der Waals surface area contributed by atoms with E-state index in [1.165, 1.54) is 12.8 Å². The van der Waals surface area contributed by atoms with Crippen LogP contribution in [-0.2, 0) is 9.53 Å². The molecule has 0 amide bonds. The molecule has 4 rings (SSSR count). The molecule has 0 radical (unpaired) electrons. The van der Waals surface area contributed by atoms with Crippen LogP contribution >= 0.6 is 0 Å². The third-order valence-electron chi connectivity index (χ3n) is 5.88. The van der Waals surface area contributed by atoms with Gasteiger partial charge in [0.25, 0.3) is 0 Å². The molecule has 16 heavy (non-hydrogen) atoms. The van der Waals surface area contributed by atoms with Crippen molar-refractivity contribution in [2.75, 3.05) is 7.11 Å². The molecule has 2 heteroatoms. The third kappa shape index (κ3) is 0.813. The van der Waals surface area contributed by atoms with Crippen molar-refractivity contribution < 1.29 is 9.53 Å². The van der Waals surface area contributed by atoms with E-state index in [0.29, 0.717) is 11.8 Å². The summed E-state index contributed by atoms with van der Waals surface area (Å²) in [5.74, 6) is 3.79. The lowest BCUT2D eigenvalue weighted by Gasteiger charge is -2.38. The van der Waals surface area contributed by atoms with Crippen molar-refractivity contribution in [1.82, 2.24) is 0 Å². The zero-order valence-electron chi connectivity index (χ0n) is 9.69. The van der Waals surface area contributed by atoms with Crippen LogP contribution in [0.1, 0.15) is 25.7 Å². The lowest BCUT2D eigenvalue weighted by atomic mass is 9.66. The Hall–Kier alpha value is -0.790. The average Bonchev–Trinajstić information content (AvgIpc) is 3.04. The van der Waals surface area contributed by atoms with E-state index in [-0.39, 0.29) is 11.4 Å². The van der Waals surface area contributed by atoms with Gasteiger partial charge in [0.15, 0.2) is 0 Å². The number of esters is 1. The van der Waals surface area contributed by atoms with E-state index in [0.717, 1.165) is 30.6 Å². The maximum atomic E-state index is 12.2. The quantitative estimate of drug-likeness (QED) is 0.384. The number of carbonyl (C=O) groups is 1. The molecule has 0 saturated heterocycles. The number of methoxy groups -OCH3 is 1. The zero-order valence-corrected chi connectivity index (χ0v) is 9.69. The van der Waals surface area contributed by atoms with E-state index in [2.05, 4.69) is 12.2 Å². The van der Waals surface area contributed by atoms with Crippen molar-refractivity contribution in [1.29, 1.82) is 0 Å². The number of ether oxygens (including phenoxy) is 1. The van der Waals surface area contributed by atoms with Gasteiger partial charge in [0.05, 0.1) is 12.5 Å². The Labute approximate surface area is 96.0 Å². The number of rotatable bonds is 1. The van der Waals surface area contributed by atoms with Gasteiger partial charge in [-0.25, -0.2) is 0 Å². The molecule has 0 heterocycles. The summed E-state index contributed by atoms with van der Waals surface area (Å²) < 4.78 is 5.11. The maximum absolute atomic E-state index is 12.2. The molecule has 0 N–H and O–H groups in total. The first-order chi connectivity index (χ1) is 7.76. The minimum absolute atomic E-state index is 0.0865. The van der Waals surface area contributed by atoms with Crippen LogP contribution in [0.4, 0.5) is 0 Å². The van der Waals surface area contributed by atoms with Gasteiger partial charge in [0.1, 0.15) is 0 Å². The van der Waals surface area contributed by atoms with E-state index < -0.39 is 0 Å². The Morgan fingerprint density at radius 2 is 2.19 bits per heavy atom. The van der Waals surface area contributed by atoms with Crippen LogP contribution in [0.25, 0.3) is 0 Å². The SMILES string of the molecule is COC(=O)C12CCC(C1)C1C3C=CC(C3)C12. The molecule has 4 bridgehead atoms. The van der Waals surface area contributed by atoms with E-state index in [4.69, 9.17) is 4.74 Å². The average molecular weight is 218 g/mol. The largest absolute Gasteiger partial charge is 0.469 e. The number of fused-ring (bicyclic) bond motifs is 9. The molecular weight excluding hydrogens is 200 g/mol. The second kappa shape index (κ2) is 2.72. The van der Waals surface area contributed by atoms with Crippen LogP contribution < -0.4 is 0 Å². The van der Waals surface area contributed by atoms with E-state index in [9.17, 15) is 4.79 Å². The summed E-state index contributed by atoms with van der Waals surface area (Å²) in [6, 6.07) is 0. The first kappa shape index (κ1) is 9.26. The fourth-order valence-corrected chi connectivity index (χ4v) is 5.55. The van der Waals surface area contributed by atoms with Gasteiger partial charge in [0, 0.05) is 0 Å². The van der Waals surface area contributed by atoms with Crippen LogP contribution in [0.15, 0.2) is 12.2 Å². The van der Waals surface area contributed by atoms with Gasteiger partial charge in [-0.05, 0) is 55.3 Å². The van der Waals surface area contributed by atoms with Gasteiger partial charge in [-0.2, -0.15) is 0 Å². The standard InChI is InChI=1S/C14H18O2/c1-16-13(15)14-5-4-10(7-14)11-8-2-3-9(6-8)12(11)14/h2-3,8-12H,4-7H2,1H3. The fraction of sp³-hybridized carbons (Fsp3) is 0.786. The van der Waals surface area contributed by atoms with Crippen LogP contribution in [0.2, 0.25) is 0 Å². The van der Waals surface area contributed by atoms with Crippen LogP contribution in [0.3, 0.4) is 0 Å². The Morgan fingerprint density at radius 1 is 1.38 bits per heavy atom. The van der Waals surface area contributed by atoms with Gasteiger partial charge in [-0.3, -0.25) is 4.79 Å². The van der Waals surface area contributed by atoms with Crippen molar-refractivity contribution in [2.24, 2.45) is 35.0 Å². The van der Waals surface area contributed by atoms with Crippen LogP contribution in [0, 0.1) is 35.0 Å². The predicted octanol–water partition coefficient (Wildman–Crippen LogP) is 2.40. The summed E-state index contributed by atoms with van der Waals surface area (Å²) in [4.78, 5) is 12.2. The Kier molecular flexibility index (Phi) is 1.57. The Bertz CT molecular complexity index is 386. The second-order valence-electron chi connectivity index (χ2n) is 6.20. The lowest BCUT2D eigenvalue weighted by Crippen LogP contribution is -2.40. The van der Waals surface area contributed by atoms with Crippen LogP contribution in [-0.4, -0.2) is 13.1 Å². The van der Waals surface area contributed by atoms with Crippen LogP contribution in [0.5, 0.6) is 0 Å². The highest BCUT2D eigenvalue weighted by atomic mass is 16.5. The van der Waals surface area contributed by atoms with Gasteiger partial charge < -0.3 is 4.74 Å². The fourth-order valence-electron chi connectivity index (χ4n) is 5.55. The van der Waals surface area contributed by atoms with Gasteiger partial charge in [-0.1, -0.05) is 12.2 Å². The second-order valence-corrected chi connectivity index (χ2v) is 6.20. The molecule has 0 aromatic carbocycles. The first-order valence-corrected chi connectivity index (χ1v) is 6.53. The normalized spacial score (nSPS) is 55.7. The van der Waals surface area contributed by atoms with Gasteiger partial charge in [-0.15, -0.1) is 0 Å². The highest BCUT2D eigenvalue weighted by Crippen LogP contribution is 2.71. The number of allylic oxidation sites excluding steroid dienone is 2. The smallest absolute Gasteiger partial charge is 0.312 e. The minimum atomic E-state index is -0.0890. The van der Waals surface area contributed by atoms with E-state index in [1.807, 2.05) is 0 Å². The van der Waals surface area contributed by atoms with Crippen molar-refractivity contribution in [3.05, 3.63) is 12.2 Å². The number of hydrogen-bond acceptors (Lipinski definition) is 2. The minimum Gasteiger partial charge on any atom is -0.469 e. The summed E-state index contributed by atoms with van der Waals surface area (Å²) in [6.07, 6.45) is 9.55. The lowest BCUT2D eigenvalue weighted by molar-refractivity contribution is -0.156. The molecule has 6 atom stereocenters. The zero-order chi connectivity index (χ0) is 10.9. The molecule has 0 spiro atoms. The Morgan fingerprint density at radius 3 is 3.00 bits per heavy atom. The predicted molar refractivity (Wildman–Crippen MR) is 59.5 cm³/mol. The summed E-state index contributed by atoms with van der Waals surface area (Å²) in [6.45, 7) is 0. The van der Waals surface area contributed by atoms with Gasteiger partial charge >= 0.3 is 5.97 Å². The van der Waals surface area contributed by atoms with Crippen molar-refractivity contribution >= 4 is 5.97 Å². The highest BCUT2D eigenvalue weighted by molar-refractivity contribution is 5.78. The summed E-state index contributed by atoms with van der Waals surface area (Å²) >= 11 is 0. The molecule has 0 aromatic heterocycles. The van der Waals surface area contributed by atoms with E-state index in [1.54, 1.807) is 7.11 Å². The first-order valence-electron chi connectivity index (χ1n) is 6.53. The van der Waals surface area contributed by atoms with Gasteiger partial charge in [0.2, 0.25) is 0 Å². The number of carbonyl (C=O) groups excluding carboxylic acids is 1. The monoisotopic (exact) mass is 218 g/mol.